The molecule has 1 aliphatic heterocycles. The zero-order valence-electron chi connectivity index (χ0n) is 17.8. The van der Waals surface area contributed by atoms with Gasteiger partial charge in [0.05, 0.1) is 10.5 Å². The minimum atomic E-state index is -4.74. The third-order valence-electron chi connectivity index (χ3n) is 5.52. The summed E-state index contributed by atoms with van der Waals surface area (Å²) in [7, 11) is -4.46. The van der Waals surface area contributed by atoms with E-state index in [1.807, 2.05) is 0 Å². The molecule has 1 heterocycles. The fourth-order valence-electron chi connectivity index (χ4n) is 3.76. The Hall–Kier alpha value is -3.12. The monoisotopic (exact) mass is 500 g/mol. The van der Waals surface area contributed by atoms with Crippen molar-refractivity contribution in [3.8, 4) is 5.75 Å². The van der Waals surface area contributed by atoms with Gasteiger partial charge in [0.1, 0.15) is 17.8 Å². The second kappa shape index (κ2) is 10.0. The number of phenolic OH excluding ortho intramolecular Hbond substituents is 1. The van der Waals surface area contributed by atoms with E-state index in [1.54, 1.807) is 0 Å². The SMILES string of the molecule is O=C(O)C(Cc1ccc(O)cc1)NC(=O)C1CCCCN1S(=O)(=O)c1cccc(C(F)(F)F)c1. The number of hydrogen-bond donors (Lipinski definition) is 3. The Labute approximate surface area is 194 Å². The molecule has 3 rings (SSSR count). The highest BCUT2D eigenvalue weighted by Crippen LogP contribution is 2.32. The highest BCUT2D eigenvalue weighted by Gasteiger charge is 2.40. The van der Waals surface area contributed by atoms with Gasteiger partial charge in [-0.3, -0.25) is 4.79 Å². The van der Waals surface area contributed by atoms with Crippen LogP contribution < -0.4 is 5.32 Å². The van der Waals surface area contributed by atoms with E-state index in [1.165, 1.54) is 24.3 Å². The zero-order valence-corrected chi connectivity index (χ0v) is 18.6. The number of carbonyl (C=O) groups is 2. The Morgan fingerprint density at radius 2 is 1.79 bits per heavy atom. The van der Waals surface area contributed by atoms with E-state index in [0.717, 1.165) is 22.5 Å². The van der Waals surface area contributed by atoms with Crippen molar-refractivity contribution in [2.75, 3.05) is 6.54 Å². The van der Waals surface area contributed by atoms with Gasteiger partial charge in [-0.2, -0.15) is 17.5 Å². The first kappa shape index (κ1) is 25.5. The number of carboxylic acids is 1. The summed E-state index contributed by atoms with van der Waals surface area (Å²) in [5.74, 6) is -2.21. The van der Waals surface area contributed by atoms with E-state index in [-0.39, 0.29) is 25.1 Å². The maximum absolute atomic E-state index is 13.2. The van der Waals surface area contributed by atoms with Crippen LogP contribution in [0.5, 0.6) is 5.75 Å². The summed E-state index contributed by atoms with van der Waals surface area (Å²) in [6, 6.07) is 6.33. The minimum absolute atomic E-state index is 0.0164. The van der Waals surface area contributed by atoms with Crippen molar-refractivity contribution in [3.63, 3.8) is 0 Å². The number of alkyl halides is 3. The van der Waals surface area contributed by atoms with E-state index >= 15 is 0 Å². The van der Waals surface area contributed by atoms with Crippen LogP contribution in [0.1, 0.15) is 30.4 Å². The van der Waals surface area contributed by atoms with E-state index in [4.69, 9.17) is 0 Å². The summed E-state index contributed by atoms with van der Waals surface area (Å²) in [6.07, 6.45) is -3.88. The van der Waals surface area contributed by atoms with Crippen LogP contribution in [0.4, 0.5) is 13.2 Å². The molecule has 34 heavy (non-hydrogen) atoms. The predicted octanol–water partition coefficient (Wildman–Crippen LogP) is 2.77. The smallest absolute Gasteiger partial charge is 0.416 e. The Kier molecular flexibility index (Phi) is 7.51. The molecule has 3 N–H and O–H groups in total. The van der Waals surface area contributed by atoms with Crippen molar-refractivity contribution in [3.05, 3.63) is 59.7 Å². The summed E-state index contributed by atoms with van der Waals surface area (Å²) in [5.41, 5.74) is -0.617. The van der Waals surface area contributed by atoms with Crippen molar-refractivity contribution in [1.82, 2.24) is 9.62 Å². The highest BCUT2D eigenvalue weighted by atomic mass is 32.2. The molecular formula is C22H23F3N2O6S. The van der Waals surface area contributed by atoms with Gasteiger partial charge < -0.3 is 15.5 Å². The van der Waals surface area contributed by atoms with Gasteiger partial charge in [-0.05, 0) is 48.7 Å². The molecule has 8 nitrogen and oxygen atoms in total. The number of nitrogens with one attached hydrogen (secondary N) is 1. The number of rotatable bonds is 7. The maximum atomic E-state index is 13.2. The van der Waals surface area contributed by atoms with E-state index < -0.39 is 50.6 Å². The van der Waals surface area contributed by atoms with E-state index in [2.05, 4.69) is 5.32 Å². The maximum Gasteiger partial charge on any atom is 0.416 e. The summed E-state index contributed by atoms with van der Waals surface area (Å²) in [5, 5.41) is 21.3. The fraction of sp³-hybridized carbons (Fsp3) is 0.364. The molecule has 0 bridgehead atoms. The van der Waals surface area contributed by atoms with Crippen LogP contribution in [0.2, 0.25) is 0 Å². The van der Waals surface area contributed by atoms with Crippen LogP contribution >= 0.6 is 0 Å². The number of benzene rings is 2. The number of halogens is 3. The molecule has 1 fully saturated rings. The van der Waals surface area contributed by atoms with Gasteiger partial charge in [-0.1, -0.05) is 24.6 Å². The molecule has 0 aliphatic carbocycles. The summed E-state index contributed by atoms with van der Waals surface area (Å²) >= 11 is 0. The minimum Gasteiger partial charge on any atom is -0.508 e. The number of piperidine rings is 1. The van der Waals surface area contributed by atoms with Crippen LogP contribution in [-0.4, -0.2) is 53.4 Å². The van der Waals surface area contributed by atoms with Gasteiger partial charge in [-0.15, -0.1) is 0 Å². The lowest BCUT2D eigenvalue weighted by Crippen LogP contribution is -2.55. The third-order valence-corrected chi connectivity index (χ3v) is 7.42. The van der Waals surface area contributed by atoms with Crippen LogP contribution in [0.25, 0.3) is 0 Å². The molecule has 2 aromatic rings. The first-order valence-electron chi connectivity index (χ1n) is 10.4. The van der Waals surface area contributed by atoms with Crippen molar-refractivity contribution < 1.29 is 41.4 Å². The van der Waals surface area contributed by atoms with Gasteiger partial charge in [0.2, 0.25) is 15.9 Å². The lowest BCUT2D eigenvalue weighted by molar-refractivity contribution is -0.142. The number of aliphatic carboxylic acids is 1. The number of amides is 1. The molecular weight excluding hydrogens is 477 g/mol. The number of nitrogens with zero attached hydrogens (tertiary/aromatic N) is 1. The van der Waals surface area contributed by atoms with Crippen LogP contribution in [0.15, 0.2) is 53.4 Å². The summed E-state index contributed by atoms with van der Waals surface area (Å²) in [4.78, 5) is 24.1. The average Bonchev–Trinajstić information content (AvgIpc) is 2.79. The van der Waals surface area contributed by atoms with Crippen molar-refractivity contribution in [1.29, 1.82) is 0 Å². The molecule has 1 amide bonds. The average molecular weight is 500 g/mol. The van der Waals surface area contributed by atoms with E-state index in [9.17, 15) is 41.4 Å². The van der Waals surface area contributed by atoms with E-state index in [0.29, 0.717) is 24.5 Å². The van der Waals surface area contributed by atoms with Gasteiger partial charge in [0, 0.05) is 13.0 Å². The second-order valence-corrected chi connectivity index (χ2v) is 9.81. The standard InChI is InChI=1S/C22H23F3N2O6S/c23-22(24,25)15-4-3-5-17(13-15)34(32,33)27-11-2-1-6-19(27)20(29)26-18(21(30)31)12-14-7-9-16(28)10-8-14/h3-5,7-10,13,18-19,28H,1-2,6,11-12H2,(H,26,29)(H,30,31). The molecule has 184 valence electrons. The Balaban J connectivity index is 1.83. The molecule has 2 unspecified atom stereocenters. The summed E-state index contributed by atoms with van der Waals surface area (Å²) in [6.45, 7) is -0.0909. The molecule has 1 saturated heterocycles. The zero-order chi connectivity index (χ0) is 25.1. The van der Waals surface area contributed by atoms with Gasteiger partial charge >= 0.3 is 12.1 Å². The molecule has 12 heteroatoms. The van der Waals surface area contributed by atoms with Gasteiger partial charge in [-0.25, -0.2) is 13.2 Å². The van der Waals surface area contributed by atoms with Gasteiger partial charge in [0.15, 0.2) is 0 Å². The van der Waals surface area contributed by atoms with Gasteiger partial charge in [0.25, 0.3) is 0 Å². The van der Waals surface area contributed by atoms with Crippen LogP contribution in [0.3, 0.4) is 0 Å². The molecule has 0 saturated carbocycles. The normalized spacial score (nSPS) is 18.3. The number of carbonyl (C=O) groups excluding carboxylic acids is 1. The third kappa shape index (κ3) is 5.86. The van der Waals surface area contributed by atoms with Crippen molar-refractivity contribution in [2.45, 2.75) is 48.8 Å². The molecule has 1 aliphatic rings. The first-order valence-corrected chi connectivity index (χ1v) is 11.8. The molecule has 0 spiro atoms. The summed E-state index contributed by atoms with van der Waals surface area (Å²) < 4.78 is 66.4. The molecule has 2 aromatic carbocycles. The second-order valence-electron chi connectivity index (χ2n) is 7.92. The van der Waals surface area contributed by atoms with Crippen molar-refractivity contribution >= 4 is 21.9 Å². The lowest BCUT2D eigenvalue weighted by Gasteiger charge is -2.34. The topological polar surface area (TPSA) is 124 Å². The quantitative estimate of drug-likeness (QED) is 0.537. The molecule has 0 aromatic heterocycles. The predicted molar refractivity (Wildman–Crippen MR) is 114 cm³/mol. The largest absolute Gasteiger partial charge is 0.508 e. The molecule has 2 atom stereocenters. The number of aromatic hydroxyl groups is 1. The van der Waals surface area contributed by atoms with Crippen LogP contribution in [-0.2, 0) is 32.2 Å². The Bertz CT molecular complexity index is 1150. The Morgan fingerprint density at radius 3 is 2.41 bits per heavy atom. The van der Waals surface area contributed by atoms with Crippen LogP contribution in [0, 0.1) is 0 Å². The highest BCUT2D eigenvalue weighted by molar-refractivity contribution is 7.89. The number of hydrogen-bond acceptors (Lipinski definition) is 5. The Morgan fingerprint density at radius 1 is 1.12 bits per heavy atom. The number of carboxylic acid groups (broad SMARTS) is 1. The number of sulfonamides is 1. The number of phenols is 1. The lowest BCUT2D eigenvalue weighted by atomic mass is 10.0. The van der Waals surface area contributed by atoms with Crippen molar-refractivity contribution in [2.24, 2.45) is 0 Å². The fourth-order valence-corrected chi connectivity index (χ4v) is 5.46. The molecule has 0 radical (unpaired) electrons. The first-order chi connectivity index (χ1) is 15.9.